The Balaban J connectivity index is 3.11. The monoisotopic (exact) mass is 140 g/mol. The molecule has 0 aliphatic rings. The van der Waals surface area contributed by atoms with Crippen LogP contribution in [0.4, 0.5) is 0 Å². The van der Waals surface area contributed by atoms with E-state index >= 15 is 0 Å². The normalized spacial score (nSPS) is 12.5. The van der Waals surface area contributed by atoms with Gasteiger partial charge in [-0.05, 0) is 19.3 Å². The molecular weight excluding hydrogens is 122 g/mol. The van der Waals surface area contributed by atoms with Crippen LogP contribution in [0.15, 0.2) is 25.3 Å². The largest absolute Gasteiger partial charge is 0.355 e. The zero-order chi connectivity index (χ0) is 7.82. The van der Waals surface area contributed by atoms with Gasteiger partial charge in [-0.25, -0.2) is 0 Å². The zero-order valence-corrected chi connectivity index (χ0v) is 6.68. The summed E-state index contributed by atoms with van der Waals surface area (Å²) in [6.07, 6.45) is 8.45. The first-order chi connectivity index (χ1) is 4.81. The van der Waals surface area contributed by atoms with Crippen molar-refractivity contribution in [2.75, 3.05) is 0 Å². The van der Waals surface area contributed by atoms with Gasteiger partial charge in [-0.1, -0.05) is 12.2 Å². The molecule has 0 amide bonds. The van der Waals surface area contributed by atoms with Crippen molar-refractivity contribution in [2.24, 2.45) is 0 Å². The zero-order valence-electron chi connectivity index (χ0n) is 6.68. The van der Waals surface area contributed by atoms with Crippen LogP contribution in [0.2, 0.25) is 0 Å². The second kappa shape index (κ2) is 6.56. The van der Waals surface area contributed by atoms with Gasteiger partial charge in [-0.3, -0.25) is 0 Å². The van der Waals surface area contributed by atoms with E-state index < -0.39 is 0 Å². The van der Waals surface area contributed by atoms with E-state index in [1.54, 1.807) is 0 Å². The van der Waals surface area contributed by atoms with Gasteiger partial charge in [-0.2, -0.15) is 0 Å². The van der Waals surface area contributed by atoms with Gasteiger partial charge in [0.05, 0.1) is 6.04 Å². The average molecular weight is 140 g/mol. The van der Waals surface area contributed by atoms with Gasteiger partial charge in [-0.15, -0.1) is 13.2 Å². The summed E-state index contributed by atoms with van der Waals surface area (Å²) in [4.78, 5) is 0. The van der Waals surface area contributed by atoms with Gasteiger partial charge in [0.25, 0.3) is 0 Å². The quantitative estimate of drug-likeness (QED) is 0.428. The van der Waals surface area contributed by atoms with E-state index in [1.165, 1.54) is 12.8 Å². The molecule has 0 fully saturated rings. The number of unbranched alkanes of at least 4 members (excludes halogenated alkanes) is 1. The van der Waals surface area contributed by atoms with E-state index in [0.717, 1.165) is 12.8 Å². The van der Waals surface area contributed by atoms with Gasteiger partial charge in [0.15, 0.2) is 0 Å². The molecule has 0 spiro atoms. The molecule has 3 N–H and O–H groups in total. The van der Waals surface area contributed by atoms with E-state index in [-0.39, 0.29) is 0 Å². The van der Waals surface area contributed by atoms with Crippen LogP contribution in [-0.4, -0.2) is 6.04 Å². The summed E-state index contributed by atoms with van der Waals surface area (Å²) in [6, 6.07) is 0.553. The van der Waals surface area contributed by atoms with E-state index in [2.05, 4.69) is 18.9 Å². The molecule has 0 bridgehead atoms. The molecule has 1 atom stereocenters. The minimum Gasteiger partial charge on any atom is -0.355 e. The predicted molar refractivity (Wildman–Crippen MR) is 45.5 cm³/mol. The second-order valence-corrected chi connectivity index (χ2v) is 2.61. The van der Waals surface area contributed by atoms with Crippen LogP contribution in [0.3, 0.4) is 0 Å². The SMILES string of the molecule is C=CCCC[C@H]([NH3+])CC=C. The molecule has 0 unspecified atom stereocenters. The lowest BCUT2D eigenvalue weighted by Crippen LogP contribution is -2.60. The molecule has 0 radical (unpaired) electrons. The molecule has 0 saturated heterocycles. The lowest BCUT2D eigenvalue weighted by Gasteiger charge is -2.02. The van der Waals surface area contributed by atoms with Crippen molar-refractivity contribution in [3.8, 4) is 0 Å². The maximum atomic E-state index is 3.99. The van der Waals surface area contributed by atoms with Crippen molar-refractivity contribution >= 4 is 0 Å². The standard InChI is InChI=1S/C9H17N/c1-3-5-6-8-9(10)7-4-2/h3-4,9H,1-2,5-8,10H2/p+1/t9-/m1/s1. The fourth-order valence-electron chi connectivity index (χ4n) is 0.904. The summed E-state index contributed by atoms with van der Waals surface area (Å²) < 4.78 is 0. The second-order valence-electron chi connectivity index (χ2n) is 2.61. The summed E-state index contributed by atoms with van der Waals surface area (Å²) in [5.41, 5.74) is 3.99. The molecule has 0 aliphatic heterocycles. The van der Waals surface area contributed by atoms with Crippen molar-refractivity contribution in [2.45, 2.75) is 31.7 Å². The third kappa shape index (κ3) is 5.57. The molecule has 0 aliphatic carbocycles. The Hall–Kier alpha value is -0.560. The first-order valence-electron chi connectivity index (χ1n) is 3.86. The molecule has 0 heterocycles. The smallest absolute Gasteiger partial charge is 0.0878 e. The molecule has 0 saturated carbocycles. The molecule has 0 aromatic rings. The maximum Gasteiger partial charge on any atom is 0.0878 e. The predicted octanol–water partition coefficient (Wildman–Crippen LogP) is 1.53. The number of quaternary nitrogens is 1. The van der Waals surface area contributed by atoms with Crippen LogP contribution < -0.4 is 5.73 Å². The van der Waals surface area contributed by atoms with Crippen LogP contribution >= 0.6 is 0 Å². The number of hydrogen-bond acceptors (Lipinski definition) is 0. The first-order valence-corrected chi connectivity index (χ1v) is 3.86. The number of allylic oxidation sites excluding steroid dienone is 1. The molecular formula is C9H18N+. The van der Waals surface area contributed by atoms with Crippen molar-refractivity contribution in [3.05, 3.63) is 25.3 Å². The summed E-state index contributed by atoms with van der Waals surface area (Å²) in [5.74, 6) is 0. The molecule has 10 heavy (non-hydrogen) atoms. The van der Waals surface area contributed by atoms with Gasteiger partial charge in [0.2, 0.25) is 0 Å². The Bertz CT molecular complexity index is 96.9. The highest BCUT2D eigenvalue weighted by Crippen LogP contribution is 2.00. The van der Waals surface area contributed by atoms with Crippen LogP contribution in [0.25, 0.3) is 0 Å². The molecule has 0 aromatic carbocycles. The first kappa shape index (κ1) is 9.44. The highest BCUT2D eigenvalue weighted by molar-refractivity contribution is 4.73. The highest BCUT2D eigenvalue weighted by Gasteiger charge is 2.00. The minimum absolute atomic E-state index is 0.553. The summed E-state index contributed by atoms with van der Waals surface area (Å²) in [7, 11) is 0. The Labute approximate surface area is 63.6 Å². The van der Waals surface area contributed by atoms with Gasteiger partial charge in [0, 0.05) is 6.42 Å². The van der Waals surface area contributed by atoms with Crippen molar-refractivity contribution in [1.29, 1.82) is 0 Å². The van der Waals surface area contributed by atoms with Crippen LogP contribution in [0.5, 0.6) is 0 Å². The van der Waals surface area contributed by atoms with Crippen LogP contribution in [-0.2, 0) is 0 Å². The highest BCUT2D eigenvalue weighted by atomic mass is 14.6. The number of hydrogen-bond donors (Lipinski definition) is 1. The molecule has 58 valence electrons. The average Bonchev–Trinajstić information content (AvgIpc) is 1.89. The Morgan fingerprint density at radius 2 is 2.00 bits per heavy atom. The fourth-order valence-corrected chi connectivity index (χ4v) is 0.904. The molecule has 0 aromatic heterocycles. The van der Waals surface area contributed by atoms with Crippen molar-refractivity contribution < 1.29 is 5.73 Å². The third-order valence-electron chi connectivity index (χ3n) is 1.52. The van der Waals surface area contributed by atoms with E-state index in [9.17, 15) is 0 Å². The minimum atomic E-state index is 0.553. The third-order valence-corrected chi connectivity index (χ3v) is 1.52. The molecule has 1 heteroatoms. The van der Waals surface area contributed by atoms with Gasteiger partial charge >= 0.3 is 0 Å². The summed E-state index contributed by atoms with van der Waals surface area (Å²) in [6.45, 7) is 7.33. The Morgan fingerprint density at radius 1 is 1.30 bits per heavy atom. The van der Waals surface area contributed by atoms with Gasteiger partial charge < -0.3 is 5.73 Å². The molecule has 0 rings (SSSR count). The van der Waals surface area contributed by atoms with E-state index in [1.807, 2.05) is 12.2 Å². The summed E-state index contributed by atoms with van der Waals surface area (Å²) >= 11 is 0. The van der Waals surface area contributed by atoms with E-state index in [4.69, 9.17) is 0 Å². The van der Waals surface area contributed by atoms with Crippen molar-refractivity contribution in [1.82, 2.24) is 0 Å². The van der Waals surface area contributed by atoms with E-state index in [0.29, 0.717) is 6.04 Å². The summed E-state index contributed by atoms with van der Waals surface area (Å²) in [5, 5.41) is 0. The Kier molecular flexibility index (Phi) is 6.19. The topological polar surface area (TPSA) is 27.6 Å². The maximum absolute atomic E-state index is 3.99. The Morgan fingerprint density at radius 3 is 2.50 bits per heavy atom. The van der Waals surface area contributed by atoms with Gasteiger partial charge in [0.1, 0.15) is 0 Å². The van der Waals surface area contributed by atoms with Crippen LogP contribution in [0.1, 0.15) is 25.7 Å². The lowest BCUT2D eigenvalue weighted by molar-refractivity contribution is -0.420. The fraction of sp³-hybridized carbons (Fsp3) is 0.556. The van der Waals surface area contributed by atoms with Crippen molar-refractivity contribution in [3.63, 3.8) is 0 Å². The van der Waals surface area contributed by atoms with Crippen LogP contribution in [0, 0.1) is 0 Å². The lowest BCUT2D eigenvalue weighted by atomic mass is 10.1. The number of rotatable bonds is 6. The molecule has 1 nitrogen and oxygen atoms in total.